The molecule has 6 nitrogen and oxygen atoms in total. The molecule has 0 aromatic carbocycles. The first-order valence-corrected chi connectivity index (χ1v) is 6.89. The summed E-state index contributed by atoms with van der Waals surface area (Å²) in [7, 11) is 0. The molecule has 0 aliphatic carbocycles. The third-order valence-electron chi connectivity index (χ3n) is 1.90. The molecule has 1 aromatic rings. The standard InChI is InChI=1S/C12H20N4O2S/c1-12(2,3)18-11(17)14-7-5-4-6-13-8-10-9-19-16-15-10/h4-5,9,13H,6-8H2,1-3H3,(H,14,17)/b5-4+. The number of carbonyl (C=O) groups excluding carboxylic acids is 1. The molecule has 19 heavy (non-hydrogen) atoms. The Balaban J connectivity index is 2.03. The first kappa shape index (κ1) is 15.6. The zero-order valence-electron chi connectivity index (χ0n) is 11.5. The second-order valence-corrected chi connectivity index (χ2v) is 5.49. The van der Waals surface area contributed by atoms with Gasteiger partial charge in [0.05, 0.1) is 5.69 Å². The van der Waals surface area contributed by atoms with Gasteiger partial charge in [-0.05, 0) is 32.3 Å². The van der Waals surface area contributed by atoms with Crippen LogP contribution in [0.5, 0.6) is 0 Å². The van der Waals surface area contributed by atoms with E-state index in [4.69, 9.17) is 4.74 Å². The van der Waals surface area contributed by atoms with Crippen molar-refractivity contribution in [2.24, 2.45) is 0 Å². The van der Waals surface area contributed by atoms with Gasteiger partial charge in [0.15, 0.2) is 0 Å². The first-order chi connectivity index (χ1) is 8.97. The molecule has 1 amide bonds. The van der Waals surface area contributed by atoms with Crippen LogP contribution in [0.15, 0.2) is 17.5 Å². The quantitative estimate of drug-likeness (QED) is 0.614. The van der Waals surface area contributed by atoms with Crippen LogP contribution >= 0.6 is 11.5 Å². The lowest BCUT2D eigenvalue weighted by Gasteiger charge is -2.19. The number of nitrogens with zero attached hydrogens (tertiary/aromatic N) is 2. The van der Waals surface area contributed by atoms with Gasteiger partial charge in [0.25, 0.3) is 0 Å². The number of nitrogens with one attached hydrogen (secondary N) is 2. The van der Waals surface area contributed by atoms with Crippen LogP contribution in [0.2, 0.25) is 0 Å². The minimum Gasteiger partial charge on any atom is -0.444 e. The van der Waals surface area contributed by atoms with E-state index >= 15 is 0 Å². The van der Waals surface area contributed by atoms with Gasteiger partial charge in [-0.3, -0.25) is 0 Å². The molecule has 1 aromatic heterocycles. The van der Waals surface area contributed by atoms with Crippen molar-refractivity contribution in [2.45, 2.75) is 32.9 Å². The van der Waals surface area contributed by atoms with Crippen molar-refractivity contribution in [3.63, 3.8) is 0 Å². The highest BCUT2D eigenvalue weighted by Crippen LogP contribution is 2.06. The Kier molecular flexibility index (Phi) is 6.44. The van der Waals surface area contributed by atoms with Gasteiger partial charge in [0, 0.05) is 25.0 Å². The van der Waals surface area contributed by atoms with Crippen LogP contribution in [0.25, 0.3) is 0 Å². The minimum absolute atomic E-state index is 0.404. The Hall–Kier alpha value is -1.47. The Morgan fingerprint density at radius 3 is 2.79 bits per heavy atom. The summed E-state index contributed by atoms with van der Waals surface area (Å²) in [5, 5.41) is 11.7. The van der Waals surface area contributed by atoms with E-state index in [2.05, 4.69) is 20.2 Å². The molecule has 0 aliphatic heterocycles. The molecule has 0 radical (unpaired) electrons. The average Bonchev–Trinajstić information content (AvgIpc) is 2.78. The topological polar surface area (TPSA) is 76.1 Å². The van der Waals surface area contributed by atoms with E-state index in [-0.39, 0.29) is 0 Å². The Bertz CT molecular complexity index is 398. The fourth-order valence-electron chi connectivity index (χ4n) is 1.17. The Morgan fingerprint density at radius 2 is 2.16 bits per heavy atom. The maximum absolute atomic E-state index is 11.3. The molecule has 7 heteroatoms. The molecule has 106 valence electrons. The van der Waals surface area contributed by atoms with Gasteiger partial charge in [0.2, 0.25) is 0 Å². The van der Waals surface area contributed by atoms with Gasteiger partial charge >= 0.3 is 6.09 Å². The van der Waals surface area contributed by atoms with Crippen LogP contribution < -0.4 is 10.6 Å². The number of hydrogen-bond donors (Lipinski definition) is 2. The molecule has 0 atom stereocenters. The van der Waals surface area contributed by atoms with Gasteiger partial charge in [-0.1, -0.05) is 16.6 Å². The molecule has 0 bridgehead atoms. The fraction of sp³-hybridized carbons (Fsp3) is 0.583. The highest BCUT2D eigenvalue weighted by molar-refractivity contribution is 7.03. The summed E-state index contributed by atoms with van der Waals surface area (Å²) in [6.07, 6.45) is 3.41. The first-order valence-electron chi connectivity index (χ1n) is 6.06. The molecule has 0 saturated heterocycles. The number of rotatable bonds is 6. The van der Waals surface area contributed by atoms with E-state index in [0.717, 1.165) is 5.69 Å². The summed E-state index contributed by atoms with van der Waals surface area (Å²) >= 11 is 1.34. The molecule has 0 saturated carbocycles. The van der Waals surface area contributed by atoms with Gasteiger partial charge in [-0.2, -0.15) is 0 Å². The predicted octanol–water partition coefficient (Wildman–Crippen LogP) is 1.71. The number of ether oxygens (including phenoxy) is 1. The van der Waals surface area contributed by atoms with Crippen molar-refractivity contribution in [1.82, 2.24) is 20.2 Å². The Labute approximate surface area is 117 Å². The van der Waals surface area contributed by atoms with Crippen LogP contribution in [0.4, 0.5) is 4.79 Å². The number of aromatic nitrogens is 2. The highest BCUT2D eigenvalue weighted by atomic mass is 32.1. The third kappa shape index (κ3) is 8.28. The second-order valence-electron chi connectivity index (χ2n) is 4.88. The second kappa shape index (κ2) is 7.85. The average molecular weight is 284 g/mol. The smallest absolute Gasteiger partial charge is 0.407 e. The number of hydrogen-bond acceptors (Lipinski definition) is 6. The Morgan fingerprint density at radius 1 is 1.42 bits per heavy atom. The number of carbonyl (C=O) groups is 1. The van der Waals surface area contributed by atoms with Gasteiger partial charge in [0.1, 0.15) is 5.60 Å². The lowest BCUT2D eigenvalue weighted by molar-refractivity contribution is 0.0534. The molecule has 1 heterocycles. The van der Waals surface area contributed by atoms with Crippen molar-refractivity contribution >= 4 is 17.6 Å². The maximum atomic E-state index is 11.3. The molecule has 0 spiro atoms. The lowest BCUT2D eigenvalue weighted by Crippen LogP contribution is -2.32. The van der Waals surface area contributed by atoms with Crippen molar-refractivity contribution < 1.29 is 9.53 Å². The summed E-state index contributed by atoms with van der Waals surface area (Å²) in [6.45, 7) is 7.36. The summed E-state index contributed by atoms with van der Waals surface area (Å²) in [5.41, 5.74) is 0.474. The molecule has 0 fully saturated rings. The number of alkyl carbamates (subject to hydrolysis) is 1. The largest absolute Gasteiger partial charge is 0.444 e. The van der Waals surface area contributed by atoms with Crippen LogP contribution in [0.1, 0.15) is 26.5 Å². The van der Waals surface area contributed by atoms with E-state index < -0.39 is 11.7 Å². The van der Waals surface area contributed by atoms with Crippen molar-refractivity contribution in [3.05, 3.63) is 23.2 Å². The summed E-state index contributed by atoms with van der Waals surface area (Å²) in [5.74, 6) is 0. The molecule has 2 N–H and O–H groups in total. The monoisotopic (exact) mass is 284 g/mol. The predicted molar refractivity (Wildman–Crippen MR) is 75.0 cm³/mol. The SMILES string of the molecule is CC(C)(C)OC(=O)NC/C=C/CNCc1csnn1. The van der Waals surface area contributed by atoms with E-state index in [1.54, 1.807) is 0 Å². The van der Waals surface area contributed by atoms with Crippen LogP contribution in [-0.4, -0.2) is 34.4 Å². The van der Waals surface area contributed by atoms with Gasteiger partial charge < -0.3 is 15.4 Å². The van der Waals surface area contributed by atoms with E-state index in [0.29, 0.717) is 19.6 Å². The van der Waals surface area contributed by atoms with Crippen molar-refractivity contribution in [1.29, 1.82) is 0 Å². The molecule has 1 rings (SSSR count). The molecule has 0 unspecified atom stereocenters. The number of amides is 1. The molecular formula is C12H20N4O2S. The third-order valence-corrected chi connectivity index (χ3v) is 2.46. The van der Waals surface area contributed by atoms with Crippen LogP contribution in [0, 0.1) is 0 Å². The van der Waals surface area contributed by atoms with E-state index in [1.165, 1.54) is 11.5 Å². The summed E-state index contributed by atoms with van der Waals surface area (Å²) in [4.78, 5) is 11.3. The van der Waals surface area contributed by atoms with Gasteiger partial charge in [-0.25, -0.2) is 4.79 Å². The molecular weight excluding hydrogens is 264 g/mol. The zero-order chi connectivity index (χ0) is 14.1. The van der Waals surface area contributed by atoms with Crippen molar-refractivity contribution in [3.8, 4) is 0 Å². The lowest BCUT2D eigenvalue weighted by atomic mass is 10.2. The maximum Gasteiger partial charge on any atom is 0.407 e. The van der Waals surface area contributed by atoms with E-state index in [1.807, 2.05) is 38.3 Å². The van der Waals surface area contributed by atoms with Crippen LogP contribution in [-0.2, 0) is 11.3 Å². The normalized spacial score (nSPS) is 11.7. The van der Waals surface area contributed by atoms with Crippen LogP contribution in [0.3, 0.4) is 0 Å². The summed E-state index contributed by atoms with van der Waals surface area (Å²) in [6, 6.07) is 0. The summed E-state index contributed by atoms with van der Waals surface area (Å²) < 4.78 is 8.87. The van der Waals surface area contributed by atoms with Gasteiger partial charge in [-0.15, -0.1) is 5.10 Å². The highest BCUT2D eigenvalue weighted by Gasteiger charge is 2.14. The molecule has 0 aliphatic rings. The fourth-order valence-corrected chi connectivity index (χ4v) is 1.62. The zero-order valence-corrected chi connectivity index (χ0v) is 12.3. The van der Waals surface area contributed by atoms with Crippen molar-refractivity contribution in [2.75, 3.05) is 13.1 Å². The van der Waals surface area contributed by atoms with E-state index in [9.17, 15) is 4.79 Å². The minimum atomic E-state index is -0.461.